The van der Waals surface area contributed by atoms with E-state index in [1.165, 1.54) is 16.7 Å². The molecule has 1 aromatic carbocycles. The second-order valence-electron chi connectivity index (χ2n) is 5.95. The van der Waals surface area contributed by atoms with E-state index in [1.807, 2.05) is 0 Å². The van der Waals surface area contributed by atoms with Crippen molar-refractivity contribution < 1.29 is 13.0 Å². The van der Waals surface area contributed by atoms with Crippen LogP contribution in [0.2, 0.25) is 0 Å². The van der Waals surface area contributed by atoms with Gasteiger partial charge < -0.3 is 0 Å². The molecule has 0 saturated carbocycles. The van der Waals surface area contributed by atoms with Crippen molar-refractivity contribution in [3.8, 4) is 0 Å². The van der Waals surface area contributed by atoms with Gasteiger partial charge >= 0.3 is 0 Å². The van der Waals surface area contributed by atoms with Gasteiger partial charge in [-0.15, -0.1) is 0 Å². The van der Waals surface area contributed by atoms with Crippen molar-refractivity contribution in [1.82, 2.24) is 0 Å². The third-order valence-corrected chi connectivity index (χ3v) is 5.33. The van der Waals surface area contributed by atoms with Gasteiger partial charge in [0.1, 0.15) is 0 Å². The number of hydrogen-bond donors (Lipinski definition) is 1. The van der Waals surface area contributed by atoms with Gasteiger partial charge in [-0.3, -0.25) is 4.55 Å². The quantitative estimate of drug-likeness (QED) is 0.865. The van der Waals surface area contributed by atoms with Crippen LogP contribution in [0.3, 0.4) is 0 Å². The number of benzene rings is 1. The molecule has 108 valence electrons. The summed E-state index contributed by atoms with van der Waals surface area (Å²) in [4.78, 5) is 0. The first-order valence-corrected chi connectivity index (χ1v) is 8.88. The highest BCUT2D eigenvalue weighted by Crippen LogP contribution is 2.44. The van der Waals surface area contributed by atoms with Crippen LogP contribution in [0.5, 0.6) is 0 Å². The van der Waals surface area contributed by atoms with Gasteiger partial charge in [0.05, 0.1) is 5.75 Å². The lowest BCUT2D eigenvalue weighted by Crippen LogP contribution is -2.11. The monoisotopic (exact) mass is 292 g/mol. The fourth-order valence-corrected chi connectivity index (χ4v) is 4.13. The van der Waals surface area contributed by atoms with Crippen LogP contribution in [0.4, 0.5) is 0 Å². The fourth-order valence-electron chi connectivity index (χ4n) is 3.60. The zero-order valence-corrected chi connectivity index (χ0v) is 12.3. The molecule has 1 aromatic rings. The van der Waals surface area contributed by atoms with E-state index in [2.05, 4.69) is 24.3 Å². The van der Waals surface area contributed by atoms with E-state index in [-0.39, 0.29) is 5.75 Å². The summed E-state index contributed by atoms with van der Waals surface area (Å²) in [5.74, 6) is 0.472. The fraction of sp³-hybridized carbons (Fsp3) is 0.500. The maximum absolute atomic E-state index is 10.8. The van der Waals surface area contributed by atoms with E-state index < -0.39 is 10.1 Å². The smallest absolute Gasteiger partial charge is 0.264 e. The van der Waals surface area contributed by atoms with Crippen LogP contribution >= 0.6 is 0 Å². The number of allylic oxidation sites excluding steroid dienone is 2. The zero-order chi connectivity index (χ0) is 14.2. The summed E-state index contributed by atoms with van der Waals surface area (Å²) >= 11 is 0. The molecule has 0 amide bonds. The van der Waals surface area contributed by atoms with Crippen molar-refractivity contribution in [2.24, 2.45) is 5.92 Å². The molecule has 0 bridgehead atoms. The molecular weight excluding hydrogens is 272 g/mol. The minimum Gasteiger partial charge on any atom is -0.286 e. The van der Waals surface area contributed by atoms with Gasteiger partial charge in [-0.1, -0.05) is 29.8 Å². The average molecular weight is 292 g/mol. The Bertz CT molecular complexity index is 643. The molecule has 1 atom stereocenters. The molecule has 3 rings (SSSR count). The largest absolute Gasteiger partial charge is 0.286 e. The first-order valence-electron chi connectivity index (χ1n) is 7.27. The molecule has 0 heterocycles. The maximum Gasteiger partial charge on any atom is 0.264 e. The summed E-state index contributed by atoms with van der Waals surface area (Å²) < 4.78 is 30.3. The topological polar surface area (TPSA) is 54.4 Å². The molecule has 2 aliphatic carbocycles. The van der Waals surface area contributed by atoms with E-state index in [1.54, 1.807) is 5.57 Å². The van der Waals surface area contributed by atoms with Crippen LogP contribution in [0.15, 0.2) is 29.8 Å². The summed E-state index contributed by atoms with van der Waals surface area (Å²) in [6.45, 7) is 0. The lowest BCUT2D eigenvalue weighted by Gasteiger charge is -2.24. The number of hydrogen-bond acceptors (Lipinski definition) is 2. The lowest BCUT2D eigenvalue weighted by atomic mass is 9.82. The molecule has 0 fully saturated rings. The first kappa shape index (κ1) is 13.8. The van der Waals surface area contributed by atoms with E-state index in [4.69, 9.17) is 4.55 Å². The van der Waals surface area contributed by atoms with Crippen molar-refractivity contribution in [3.63, 3.8) is 0 Å². The molecule has 20 heavy (non-hydrogen) atoms. The third-order valence-electron chi connectivity index (χ3n) is 4.53. The average Bonchev–Trinajstić information content (AvgIpc) is 2.74. The predicted molar refractivity (Wildman–Crippen MR) is 80.1 cm³/mol. The predicted octanol–water partition coefficient (Wildman–Crippen LogP) is 3.46. The summed E-state index contributed by atoms with van der Waals surface area (Å²) in [7, 11) is -3.80. The van der Waals surface area contributed by atoms with Crippen LogP contribution < -0.4 is 0 Å². The Morgan fingerprint density at radius 1 is 1.25 bits per heavy atom. The van der Waals surface area contributed by atoms with Gasteiger partial charge in [-0.25, -0.2) is 0 Å². The van der Waals surface area contributed by atoms with E-state index in [9.17, 15) is 8.42 Å². The Morgan fingerprint density at radius 2 is 2.05 bits per heavy atom. The third kappa shape index (κ3) is 2.96. The van der Waals surface area contributed by atoms with Gasteiger partial charge in [0.15, 0.2) is 0 Å². The van der Waals surface area contributed by atoms with Crippen molar-refractivity contribution in [3.05, 3.63) is 41.0 Å². The molecule has 3 nitrogen and oxygen atoms in total. The summed E-state index contributed by atoms with van der Waals surface area (Å²) in [5, 5.41) is 0. The molecule has 0 aliphatic heterocycles. The molecular formula is C16H20O3S. The second kappa shape index (κ2) is 5.34. The molecule has 0 spiro atoms. The molecule has 0 radical (unpaired) electrons. The Hall–Kier alpha value is -1.13. The van der Waals surface area contributed by atoms with Crippen molar-refractivity contribution in [2.75, 3.05) is 5.75 Å². The van der Waals surface area contributed by atoms with Crippen molar-refractivity contribution in [1.29, 1.82) is 0 Å². The Labute approximate surface area is 120 Å². The van der Waals surface area contributed by atoms with Gasteiger partial charge in [0, 0.05) is 0 Å². The highest BCUT2D eigenvalue weighted by molar-refractivity contribution is 7.85. The second-order valence-corrected chi connectivity index (χ2v) is 7.53. The molecule has 1 N–H and O–H groups in total. The molecule has 1 unspecified atom stereocenters. The standard InChI is InChI=1S/C16H20O3S/c17-20(18,19)9-3-4-12-7-8-16-14(10-12)11-13-5-1-2-6-15(13)16/h1-2,5-6,12H,3-4,7-11H2,(H,17,18,19). The summed E-state index contributed by atoms with van der Waals surface area (Å²) in [6, 6.07) is 8.63. The Kier molecular flexibility index (Phi) is 3.69. The number of rotatable bonds is 4. The van der Waals surface area contributed by atoms with Crippen LogP contribution in [-0.4, -0.2) is 18.7 Å². The Morgan fingerprint density at radius 3 is 2.85 bits per heavy atom. The normalized spacial score (nSPS) is 21.8. The van der Waals surface area contributed by atoms with Crippen LogP contribution in [-0.2, 0) is 16.5 Å². The minimum absolute atomic E-state index is 0.102. The molecule has 2 aliphatic rings. The minimum atomic E-state index is -3.80. The van der Waals surface area contributed by atoms with E-state index >= 15 is 0 Å². The van der Waals surface area contributed by atoms with Crippen LogP contribution in [0.25, 0.3) is 5.57 Å². The lowest BCUT2D eigenvalue weighted by molar-refractivity contribution is 0.426. The highest BCUT2D eigenvalue weighted by Gasteiger charge is 2.27. The molecule has 0 saturated heterocycles. The van der Waals surface area contributed by atoms with Gasteiger partial charge in [0.2, 0.25) is 0 Å². The summed E-state index contributed by atoms with van der Waals surface area (Å²) in [5.41, 5.74) is 5.95. The van der Waals surface area contributed by atoms with E-state index in [0.717, 1.165) is 32.1 Å². The highest BCUT2D eigenvalue weighted by atomic mass is 32.2. The van der Waals surface area contributed by atoms with Crippen molar-refractivity contribution in [2.45, 2.75) is 38.5 Å². The van der Waals surface area contributed by atoms with Crippen LogP contribution in [0, 0.1) is 5.92 Å². The summed E-state index contributed by atoms with van der Waals surface area (Å²) in [6.07, 6.45) is 5.88. The zero-order valence-electron chi connectivity index (χ0n) is 11.5. The molecule has 0 aromatic heterocycles. The first-order chi connectivity index (χ1) is 9.53. The van der Waals surface area contributed by atoms with Gasteiger partial charge in [0.25, 0.3) is 10.1 Å². The molecule has 4 heteroatoms. The van der Waals surface area contributed by atoms with Crippen molar-refractivity contribution >= 4 is 15.7 Å². The number of fused-ring (bicyclic) bond motifs is 2. The maximum atomic E-state index is 10.8. The van der Waals surface area contributed by atoms with Crippen LogP contribution in [0.1, 0.15) is 43.2 Å². The van der Waals surface area contributed by atoms with Gasteiger partial charge in [-0.05, 0) is 61.1 Å². The SMILES string of the molecule is O=S(=O)(O)CCCC1CCC2=C(Cc3ccccc32)C1. The van der Waals surface area contributed by atoms with E-state index in [0.29, 0.717) is 12.3 Å². The Balaban J connectivity index is 1.62. The van der Waals surface area contributed by atoms with Gasteiger partial charge in [-0.2, -0.15) is 8.42 Å².